The molecular formula is C8H17N3O5S. The molecule has 0 aliphatic heterocycles. The molecular weight excluding hydrogens is 250 g/mol. The van der Waals surface area contributed by atoms with Crippen molar-refractivity contribution in [1.29, 1.82) is 0 Å². The molecule has 100 valence electrons. The first-order valence-corrected chi connectivity index (χ1v) is 6.20. The number of nitrogens with two attached hydrogens (primary N) is 1. The molecule has 1 amide bonds. The Balaban J connectivity index is 4.69. The van der Waals surface area contributed by atoms with E-state index in [1.807, 2.05) is 0 Å². The predicted molar refractivity (Wildman–Crippen MR) is 60.2 cm³/mol. The lowest BCUT2D eigenvalue weighted by atomic mass is 10.1. The van der Waals surface area contributed by atoms with E-state index in [-0.39, 0.29) is 13.0 Å². The number of carboxylic acid groups (broad SMARTS) is 1. The number of rotatable bonds is 7. The number of amides is 1. The van der Waals surface area contributed by atoms with E-state index in [9.17, 15) is 18.0 Å². The highest BCUT2D eigenvalue weighted by Crippen LogP contribution is 2.06. The second-order valence-corrected chi connectivity index (χ2v) is 5.84. The minimum Gasteiger partial charge on any atom is -0.481 e. The van der Waals surface area contributed by atoms with Crippen LogP contribution in [0.3, 0.4) is 0 Å². The minimum atomic E-state index is -3.94. The molecule has 0 aromatic carbocycles. The maximum Gasteiger partial charge on any atom is 0.304 e. The summed E-state index contributed by atoms with van der Waals surface area (Å²) in [6.45, 7) is 2.44. The van der Waals surface area contributed by atoms with Gasteiger partial charge < -0.3 is 10.8 Å². The van der Waals surface area contributed by atoms with Gasteiger partial charge >= 0.3 is 5.97 Å². The molecule has 0 aromatic heterocycles. The third kappa shape index (κ3) is 5.11. The van der Waals surface area contributed by atoms with Crippen LogP contribution < -0.4 is 10.5 Å². The van der Waals surface area contributed by atoms with Gasteiger partial charge in [-0.3, -0.25) is 9.59 Å². The van der Waals surface area contributed by atoms with Crippen LogP contribution in [0.15, 0.2) is 0 Å². The molecule has 0 aromatic rings. The Morgan fingerprint density at radius 3 is 2.24 bits per heavy atom. The van der Waals surface area contributed by atoms with Crippen molar-refractivity contribution in [3.8, 4) is 0 Å². The molecule has 17 heavy (non-hydrogen) atoms. The van der Waals surface area contributed by atoms with Crippen molar-refractivity contribution < 1.29 is 23.1 Å². The zero-order valence-electron chi connectivity index (χ0n) is 9.93. The van der Waals surface area contributed by atoms with E-state index < -0.39 is 27.6 Å². The van der Waals surface area contributed by atoms with Crippen molar-refractivity contribution >= 4 is 22.1 Å². The normalized spacial score (nSPS) is 12.7. The van der Waals surface area contributed by atoms with Gasteiger partial charge in [0.05, 0.1) is 6.42 Å². The SMILES string of the molecule is CN(CCC(=O)O)S(=O)(=O)NC(C)(C)C(N)=O. The van der Waals surface area contributed by atoms with Crippen molar-refractivity contribution in [3.05, 3.63) is 0 Å². The second-order valence-electron chi connectivity index (χ2n) is 4.06. The number of carbonyl (C=O) groups is 2. The van der Waals surface area contributed by atoms with Crippen LogP contribution in [0.4, 0.5) is 0 Å². The highest BCUT2D eigenvalue weighted by atomic mass is 32.2. The first-order valence-electron chi connectivity index (χ1n) is 4.76. The minimum absolute atomic E-state index is 0.195. The van der Waals surface area contributed by atoms with Crippen LogP contribution in [0.25, 0.3) is 0 Å². The van der Waals surface area contributed by atoms with E-state index in [0.717, 1.165) is 4.31 Å². The first kappa shape index (κ1) is 15.8. The molecule has 8 nitrogen and oxygen atoms in total. The Morgan fingerprint density at radius 2 is 1.88 bits per heavy atom. The summed E-state index contributed by atoms with van der Waals surface area (Å²) in [5.41, 5.74) is 3.59. The van der Waals surface area contributed by atoms with E-state index >= 15 is 0 Å². The zero-order chi connectivity index (χ0) is 13.9. The molecule has 0 unspecified atom stereocenters. The first-order chi connectivity index (χ1) is 7.49. The van der Waals surface area contributed by atoms with Crippen molar-refractivity contribution in [2.75, 3.05) is 13.6 Å². The van der Waals surface area contributed by atoms with Crippen molar-refractivity contribution in [2.24, 2.45) is 5.73 Å². The van der Waals surface area contributed by atoms with E-state index in [0.29, 0.717) is 0 Å². The lowest BCUT2D eigenvalue weighted by Crippen LogP contribution is -2.56. The molecule has 0 bridgehead atoms. The monoisotopic (exact) mass is 267 g/mol. The number of carbonyl (C=O) groups excluding carboxylic acids is 1. The molecule has 0 saturated heterocycles. The van der Waals surface area contributed by atoms with Crippen LogP contribution in [0.1, 0.15) is 20.3 Å². The fourth-order valence-corrected chi connectivity index (χ4v) is 2.06. The van der Waals surface area contributed by atoms with Gasteiger partial charge in [0.2, 0.25) is 5.91 Å². The van der Waals surface area contributed by atoms with Crippen LogP contribution in [0.2, 0.25) is 0 Å². The summed E-state index contributed by atoms with van der Waals surface area (Å²) in [5, 5.41) is 8.43. The molecule has 0 saturated carbocycles. The third-order valence-corrected chi connectivity index (χ3v) is 3.82. The van der Waals surface area contributed by atoms with E-state index in [2.05, 4.69) is 4.72 Å². The lowest BCUT2D eigenvalue weighted by molar-refractivity contribution is -0.137. The van der Waals surface area contributed by atoms with Gasteiger partial charge in [-0.2, -0.15) is 17.4 Å². The molecule has 4 N–H and O–H groups in total. The fourth-order valence-electron chi connectivity index (χ4n) is 0.824. The van der Waals surface area contributed by atoms with Crippen molar-refractivity contribution in [2.45, 2.75) is 25.8 Å². The van der Waals surface area contributed by atoms with Gasteiger partial charge in [0.25, 0.3) is 10.2 Å². The molecule has 0 spiro atoms. The van der Waals surface area contributed by atoms with Gasteiger partial charge in [0, 0.05) is 13.6 Å². The van der Waals surface area contributed by atoms with Gasteiger partial charge in [-0.25, -0.2) is 0 Å². The smallest absolute Gasteiger partial charge is 0.304 e. The van der Waals surface area contributed by atoms with Crippen LogP contribution in [-0.4, -0.2) is 48.8 Å². The van der Waals surface area contributed by atoms with E-state index in [1.54, 1.807) is 0 Å². The number of nitrogens with one attached hydrogen (secondary N) is 1. The highest BCUT2D eigenvalue weighted by molar-refractivity contribution is 7.87. The number of primary amides is 1. The molecule has 0 rings (SSSR count). The second kappa shape index (κ2) is 5.43. The van der Waals surface area contributed by atoms with Gasteiger partial charge in [-0.05, 0) is 13.8 Å². The number of nitrogens with zero attached hydrogens (tertiary/aromatic N) is 1. The topological polar surface area (TPSA) is 130 Å². The molecule has 9 heteroatoms. The standard InChI is InChI=1S/C8H17N3O5S/c1-8(2,7(9)14)10-17(15,16)11(3)5-4-6(12)13/h10H,4-5H2,1-3H3,(H2,9,14)(H,12,13). The zero-order valence-corrected chi connectivity index (χ0v) is 10.7. The third-order valence-electron chi connectivity index (χ3n) is 2.05. The lowest BCUT2D eigenvalue weighted by Gasteiger charge is -2.25. The summed E-state index contributed by atoms with van der Waals surface area (Å²) in [6.07, 6.45) is -0.325. The van der Waals surface area contributed by atoms with Gasteiger partial charge in [-0.15, -0.1) is 0 Å². The Bertz CT molecular complexity index is 403. The average molecular weight is 267 g/mol. The average Bonchev–Trinajstić information content (AvgIpc) is 2.11. The number of hydrogen-bond acceptors (Lipinski definition) is 4. The van der Waals surface area contributed by atoms with Gasteiger partial charge in [0.15, 0.2) is 0 Å². The van der Waals surface area contributed by atoms with Crippen molar-refractivity contribution in [1.82, 2.24) is 9.03 Å². The van der Waals surface area contributed by atoms with Crippen molar-refractivity contribution in [3.63, 3.8) is 0 Å². The Kier molecular flexibility index (Phi) is 5.05. The summed E-state index contributed by atoms with van der Waals surface area (Å²) >= 11 is 0. The highest BCUT2D eigenvalue weighted by Gasteiger charge is 2.32. The largest absolute Gasteiger partial charge is 0.481 e. The molecule has 0 aliphatic rings. The summed E-state index contributed by atoms with van der Waals surface area (Å²) in [4.78, 5) is 21.3. The number of carboxylic acids is 1. The summed E-state index contributed by atoms with van der Waals surface area (Å²) < 4.78 is 26.3. The predicted octanol–water partition coefficient (Wildman–Crippen LogP) is -1.51. The van der Waals surface area contributed by atoms with Crippen LogP contribution in [0, 0.1) is 0 Å². The van der Waals surface area contributed by atoms with E-state index in [4.69, 9.17) is 10.8 Å². The Morgan fingerprint density at radius 1 is 1.41 bits per heavy atom. The number of aliphatic carboxylic acids is 1. The Hall–Kier alpha value is -1.19. The molecule has 0 aliphatic carbocycles. The molecule has 0 atom stereocenters. The summed E-state index contributed by atoms with van der Waals surface area (Å²) in [7, 11) is -2.73. The molecule has 0 radical (unpaired) electrons. The quantitative estimate of drug-likeness (QED) is 0.516. The van der Waals surface area contributed by atoms with Gasteiger partial charge in [-0.1, -0.05) is 0 Å². The summed E-state index contributed by atoms with van der Waals surface area (Å²) in [6, 6.07) is 0. The Labute approximate surface area is 100.0 Å². The summed E-state index contributed by atoms with van der Waals surface area (Å²) in [5.74, 6) is -1.94. The van der Waals surface area contributed by atoms with Crippen LogP contribution in [0.5, 0.6) is 0 Å². The van der Waals surface area contributed by atoms with Crippen LogP contribution in [-0.2, 0) is 19.8 Å². The maximum atomic E-state index is 11.7. The molecule has 0 fully saturated rings. The van der Waals surface area contributed by atoms with Crippen LogP contribution >= 0.6 is 0 Å². The van der Waals surface area contributed by atoms with Gasteiger partial charge in [0.1, 0.15) is 5.54 Å². The fraction of sp³-hybridized carbons (Fsp3) is 0.750. The number of hydrogen-bond donors (Lipinski definition) is 3. The maximum absolute atomic E-state index is 11.7. The van der Waals surface area contributed by atoms with E-state index in [1.165, 1.54) is 20.9 Å². The molecule has 0 heterocycles.